The number of aromatic nitrogens is 2. The maximum Gasteiger partial charge on any atom is 0.184 e. The number of ether oxygens (including phenoxy) is 1. The maximum absolute atomic E-state index is 11.7. The molecule has 0 N–H and O–H groups in total. The van der Waals surface area contributed by atoms with Gasteiger partial charge in [0.15, 0.2) is 5.78 Å². The topological polar surface area (TPSA) is 44.1 Å². The Morgan fingerprint density at radius 2 is 2.43 bits per heavy atom. The van der Waals surface area contributed by atoms with Gasteiger partial charge in [-0.25, -0.2) is 0 Å². The second-order valence-electron chi connectivity index (χ2n) is 2.83. The SMILES string of the molecule is CCOCCC(=O)c1c(Br)cnn1C. The zero-order valence-electron chi connectivity index (χ0n) is 8.29. The highest BCUT2D eigenvalue weighted by Gasteiger charge is 2.14. The first-order valence-corrected chi connectivity index (χ1v) is 5.24. The molecule has 0 aromatic carbocycles. The van der Waals surface area contributed by atoms with Crippen molar-refractivity contribution < 1.29 is 9.53 Å². The minimum atomic E-state index is 0.0466. The van der Waals surface area contributed by atoms with E-state index in [1.807, 2.05) is 6.92 Å². The van der Waals surface area contributed by atoms with Crippen LogP contribution in [0, 0.1) is 0 Å². The average Bonchev–Trinajstić information content (AvgIpc) is 2.46. The zero-order chi connectivity index (χ0) is 10.6. The van der Waals surface area contributed by atoms with Gasteiger partial charge in [0.2, 0.25) is 0 Å². The Morgan fingerprint density at radius 1 is 1.71 bits per heavy atom. The first kappa shape index (κ1) is 11.4. The van der Waals surface area contributed by atoms with Gasteiger partial charge in [0.1, 0.15) is 5.69 Å². The third-order valence-corrected chi connectivity index (χ3v) is 2.42. The van der Waals surface area contributed by atoms with Gasteiger partial charge >= 0.3 is 0 Å². The third-order valence-electron chi connectivity index (χ3n) is 1.84. The standard InChI is InChI=1S/C9H13BrN2O2/c1-3-14-5-4-8(13)9-7(10)6-11-12(9)2/h6H,3-5H2,1-2H3. The molecule has 0 spiro atoms. The van der Waals surface area contributed by atoms with E-state index < -0.39 is 0 Å². The summed E-state index contributed by atoms with van der Waals surface area (Å²) in [6.45, 7) is 3.01. The Kier molecular flexibility index (Phi) is 4.28. The average molecular weight is 261 g/mol. The van der Waals surface area contributed by atoms with E-state index >= 15 is 0 Å². The molecule has 0 aliphatic carbocycles. The highest BCUT2D eigenvalue weighted by molar-refractivity contribution is 9.10. The number of aryl methyl sites for hydroxylation is 1. The molecule has 78 valence electrons. The summed E-state index contributed by atoms with van der Waals surface area (Å²) < 4.78 is 7.42. The number of nitrogens with zero attached hydrogens (tertiary/aromatic N) is 2. The smallest absolute Gasteiger partial charge is 0.184 e. The fourth-order valence-corrected chi connectivity index (χ4v) is 1.72. The van der Waals surface area contributed by atoms with Crippen molar-refractivity contribution in [3.63, 3.8) is 0 Å². The van der Waals surface area contributed by atoms with Crippen LogP contribution < -0.4 is 0 Å². The Labute approximate surface area is 91.4 Å². The summed E-state index contributed by atoms with van der Waals surface area (Å²) in [5.41, 5.74) is 0.602. The van der Waals surface area contributed by atoms with Gasteiger partial charge in [-0.2, -0.15) is 5.10 Å². The van der Waals surface area contributed by atoms with E-state index in [4.69, 9.17) is 4.74 Å². The molecule has 0 radical (unpaired) electrons. The van der Waals surface area contributed by atoms with Crippen LogP contribution in [0.5, 0.6) is 0 Å². The lowest BCUT2D eigenvalue weighted by molar-refractivity contribution is 0.0886. The summed E-state index contributed by atoms with van der Waals surface area (Å²) in [6, 6.07) is 0. The lowest BCUT2D eigenvalue weighted by Crippen LogP contribution is -2.10. The van der Waals surface area contributed by atoms with Gasteiger partial charge in [0.05, 0.1) is 17.3 Å². The van der Waals surface area contributed by atoms with Crippen molar-refractivity contribution in [3.05, 3.63) is 16.4 Å². The summed E-state index contributed by atoms with van der Waals surface area (Å²) in [7, 11) is 1.75. The zero-order valence-corrected chi connectivity index (χ0v) is 9.87. The second-order valence-corrected chi connectivity index (χ2v) is 3.69. The van der Waals surface area contributed by atoms with E-state index in [1.54, 1.807) is 17.9 Å². The molecular weight excluding hydrogens is 248 g/mol. The molecule has 5 heteroatoms. The summed E-state index contributed by atoms with van der Waals surface area (Å²) in [6.07, 6.45) is 2.01. The fraction of sp³-hybridized carbons (Fsp3) is 0.556. The number of ketones is 1. The molecule has 1 rings (SSSR count). The molecule has 0 unspecified atom stereocenters. The molecule has 0 saturated heterocycles. The number of rotatable bonds is 5. The molecular formula is C9H13BrN2O2. The van der Waals surface area contributed by atoms with Crippen LogP contribution >= 0.6 is 15.9 Å². The van der Waals surface area contributed by atoms with Crippen molar-refractivity contribution in [1.29, 1.82) is 0 Å². The largest absolute Gasteiger partial charge is 0.381 e. The Balaban J connectivity index is 2.60. The van der Waals surface area contributed by atoms with Crippen molar-refractivity contribution in [1.82, 2.24) is 9.78 Å². The van der Waals surface area contributed by atoms with Gasteiger partial charge in [0, 0.05) is 20.1 Å². The molecule has 1 aromatic rings. The minimum absolute atomic E-state index is 0.0466. The van der Waals surface area contributed by atoms with Crippen LogP contribution in [-0.4, -0.2) is 28.8 Å². The summed E-state index contributed by atoms with van der Waals surface area (Å²) in [5, 5.41) is 3.97. The fourth-order valence-electron chi connectivity index (χ4n) is 1.15. The van der Waals surface area contributed by atoms with Crippen LogP contribution in [0.4, 0.5) is 0 Å². The lowest BCUT2D eigenvalue weighted by atomic mass is 10.2. The van der Waals surface area contributed by atoms with E-state index in [0.29, 0.717) is 25.3 Å². The monoisotopic (exact) mass is 260 g/mol. The summed E-state index contributed by atoms with van der Waals surface area (Å²) >= 11 is 3.28. The molecule has 0 atom stereocenters. The molecule has 0 amide bonds. The highest BCUT2D eigenvalue weighted by atomic mass is 79.9. The van der Waals surface area contributed by atoms with Crippen LogP contribution in [0.2, 0.25) is 0 Å². The van der Waals surface area contributed by atoms with Crippen molar-refractivity contribution in [3.8, 4) is 0 Å². The second kappa shape index (κ2) is 5.26. The van der Waals surface area contributed by atoms with Crippen LogP contribution in [-0.2, 0) is 11.8 Å². The number of hydrogen-bond donors (Lipinski definition) is 0. The molecule has 0 fully saturated rings. The van der Waals surface area contributed by atoms with Crippen LogP contribution in [0.3, 0.4) is 0 Å². The Morgan fingerprint density at radius 3 is 2.93 bits per heavy atom. The highest BCUT2D eigenvalue weighted by Crippen LogP contribution is 2.16. The first-order chi connectivity index (χ1) is 6.66. The van der Waals surface area contributed by atoms with Crippen LogP contribution in [0.25, 0.3) is 0 Å². The number of carbonyl (C=O) groups is 1. The van der Waals surface area contributed by atoms with Gasteiger partial charge in [-0.15, -0.1) is 0 Å². The van der Waals surface area contributed by atoms with E-state index in [0.717, 1.165) is 4.47 Å². The molecule has 1 aromatic heterocycles. The molecule has 0 aliphatic rings. The normalized spacial score (nSPS) is 10.5. The van der Waals surface area contributed by atoms with E-state index in [9.17, 15) is 4.79 Å². The summed E-state index contributed by atoms with van der Waals surface area (Å²) in [5.74, 6) is 0.0466. The first-order valence-electron chi connectivity index (χ1n) is 4.45. The molecule has 1 heterocycles. The Hall–Kier alpha value is -0.680. The minimum Gasteiger partial charge on any atom is -0.381 e. The van der Waals surface area contributed by atoms with Gasteiger partial charge < -0.3 is 4.74 Å². The molecule has 0 bridgehead atoms. The van der Waals surface area contributed by atoms with Crippen LogP contribution in [0.1, 0.15) is 23.8 Å². The molecule has 14 heavy (non-hydrogen) atoms. The van der Waals surface area contributed by atoms with Gasteiger partial charge in [-0.05, 0) is 22.9 Å². The number of Topliss-reactive ketones (excluding diaryl/α,β-unsaturated/α-hetero) is 1. The molecule has 0 aliphatic heterocycles. The third kappa shape index (κ3) is 2.65. The Bertz CT molecular complexity index is 303. The molecule has 0 saturated carbocycles. The van der Waals surface area contributed by atoms with Crippen LogP contribution in [0.15, 0.2) is 10.7 Å². The number of carbonyl (C=O) groups excluding carboxylic acids is 1. The number of halogens is 1. The maximum atomic E-state index is 11.7. The van der Waals surface area contributed by atoms with Crippen molar-refractivity contribution >= 4 is 21.7 Å². The van der Waals surface area contributed by atoms with Crippen molar-refractivity contribution in [2.45, 2.75) is 13.3 Å². The lowest BCUT2D eigenvalue weighted by Gasteiger charge is -2.02. The van der Waals surface area contributed by atoms with Gasteiger partial charge in [-0.3, -0.25) is 9.48 Å². The number of hydrogen-bond acceptors (Lipinski definition) is 3. The van der Waals surface area contributed by atoms with Gasteiger partial charge in [0.25, 0.3) is 0 Å². The van der Waals surface area contributed by atoms with E-state index in [2.05, 4.69) is 21.0 Å². The summed E-state index contributed by atoms with van der Waals surface area (Å²) in [4.78, 5) is 11.7. The predicted octanol–water partition coefficient (Wildman–Crippen LogP) is 1.79. The van der Waals surface area contributed by atoms with Crippen molar-refractivity contribution in [2.24, 2.45) is 7.05 Å². The van der Waals surface area contributed by atoms with Crippen molar-refractivity contribution in [2.75, 3.05) is 13.2 Å². The van der Waals surface area contributed by atoms with E-state index in [-0.39, 0.29) is 5.78 Å². The predicted molar refractivity (Wildman–Crippen MR) is 56.3 cm³/mol. The van der Waals surface area contributed by atoms with Gasteiger partial charge in [-0.1, -0.05) is 0 Å². The van der Waals surface area contributed by atoms with E-state index in [1.165, 1.54) is 0 Å². The quantitative estimate of drug-likeness (QED) is 0.599. The molecule has 4 nitrogen and oxygen atoms in total.